The normalized spacial score (nSPS) is 23.0. The standard InChI is InChI=1S/C15H21NO4S/c1-2-15(18)11-4-3-5-14(10-11)21(19,20)16-12-6-8-13(17)9-7-12/h3-5,10,12-13,16-17H,2,6-9H2,1H3. The summed E-state index contributed by atoms with van der Waals surface area (Å²) in [6, 6.07) is 5.98. The van der Waals surface area contributed by atoms with E-state index < -0.39 is 10.0 Å². The third kappa shape index (κ3) is 4.12. The molecule has 0 radical (unpaired) electrons. The molecule has 1 aromatic carbocycles. The minimum atomic E-state index is -3.63. The smallest absolute Gasteiger partial charge is 0.240 e. The number of hydrogen-bond donors (Lipinski definition) is 2. The third-order valence-corrected chi connectivity index (χ3v) is 5.32. The molecule has 0 atom stereocenters. The number of rotatable bonds is 5. The lowest BCUT2D eigenvalue weighted by Gasteiger charge is -2.26. The lowest BCUT2D eigenvalue weighted by Crippen LogP contribution is -2.38. The van der Waals surface area contributed by atoms with Crippen molar-refractivity contribution < 1.29 is 18.3 Å². The Morgan fingerprint density at radius 1 is 1.29 bits per heavy atom. The van der Waals surface area contributed by atoms with Gasteiger partial charge >= 0.3 is 0 Å². The fraction of sp³-hybridized carbons (Fsp3) is 0.533. The van der Waals surface area contributed by atoms with Gasteiger partial charge in [0.25, 0.3) is 0 Å². The number of ketones is 1. The van der Waals surface area contributed by atoms with E-state index in [0.717, 1.165) is 0 Å². The van der Waals surface area contributed by atoms with Crippen molar-refractivity contribution >= 4 is 15.8 Å². The van der Waals surface area contributed by atoms with Gasteiger partial charge in [-0.2, -0.15) is 0 Å². The van der Waals surface area contributed by atoms with Gasteiger partial charge in [-0.3, -0.25) is 4.79 Å². The first kappa shape index (κ1) is 16.1. The molecule has 6 heteroatoms. The van der Waals surface area contributed by atoms with Gasteiger partial charge in [-0.1, -0.05) is 19.1 Å². The van der Waals surface area contributed by atoms with E-state index in [1.54, 1.807) is 19.1 Å². The molecular weight excluding hydrogens is 290 g/mol. The van der Waals surface area contributed by atoms with Crippen LogP contribution in [0.2, 0.25) is 0 Å². The molecule has 2 N–H and O–H groups in total. The Labute approximate surface area is 125 Å². The molecule has 1 fully saturated rings. The van der Waals surface area contributed by atoms with Crippen LogP contribution in [0.1, 0.15) is 49.4 Å². The third-order valence-electron chi connectivity index (χ3n) is 3.81. The van der Waals surface area contributed by atoms with Crippen molar-refractivity contribution in [1.29, 1.82) is 0 Å². The summed E-state index contributed by atoms with van der Waals surface area (Å²) in [7, 11) is -3.63. The van der Waals surface area contributed by atoms with Gasteiger partial charge in [0.1, 0.15) is 0 Å². The van der Waals surface area contributed by atoms with Crippen LogP contribution < -0.4 is 4.72 Å². The Morgan fingerprint density at radius 3 is 2.57 bits per heavy atom. The minimum Gasteiger partial charge on any atom is -0.393 e. The number of carbonyl (C=O) groups excluding carboxylic acids is 1. The molecule has 0 unspecified atom stereocenters. The van der Waals surface area contributed by atoms with Gasteiger partial charge < -0.3 is 5.11 Å². The van der Waals surface area contributed by atoms with Gasteiger partial charge in [0.2, 0.25) is 10.0 Å². The molecule has 1 aromatic rings. The maximum absolute atomic E-state index is 12.4. The highest BCUT2D eigenvalue weighted by molar-refractivity contribution is 7.89. The summed E-state index contributed by atoms with van der Waals surface area (Å²) in [6.07, 6.45) is 2.51. The average Bonchev–Trinajstić information content (AvgIpc) is 2.49. The maximum Gasteiger partial charge on any atom is 0.240 e. The summed E-state index contributed by atoms with van der Waals surface area (Å²) in [5.41, 5.74) is 0.416. The van der Waals surface area contributed by atoms with Crippen LogP contribution in [0.5, 0.6) is 0 Å². The van der Waals surface area contributed by atoms with Crippen LogP contribution in [0.4, 0.5) is 0 Å². The second-order valence-corrected chi connectivity index (χ2v) is 7.15. The van der Waals surface area contributed by atoms with Crippen molar-refractivity contribution in [2.24, 2.45) is 0 Å². The average molecular weight is 311 g/mol. The summed E-state index contributed by atoms with van der Waals surface area (Å²) in [5.74, 6) is -0.0761. The maximum atomic E-state index is 12.4. The van der Waals surface area contributed by atoms with E-state index in [1.165, 1.54) is 12.1 Å². The van der Waals surface area contributed by atoms with Gasteiger partial charge in [-0.25, -0.2) is 13.1 Å². The van der Waals surface area contributed by atoms with Gasteiger partial charge in [-0.05, 0) is 37.8 Å². The van der Waals surface area contributed by atoms with Crippen LogP contribution in [0.15, 0.2) is 29.2 Å². The van der Waals surface area contributed by atoms with Crippen molar-refractivity contribution in [3.63, 3.8) is 0 Å². The van der Waals surface area contributed by atoms with E-state index in [1.807, 2.05) is 0 Å². The first-order valence-electron chi connectivity index (χ1n) is 7.26. The molecule has 0 aromatic heterocycles. The molecule has 0 saturated heterocycles. The first-order valence-corrected chi connectivity index (χ1v) is 8.74. The van der Waals surface area contributed by atoms with E-state index in [2.05, 4.69) is 4.72 Å². The van der Waals surface area contributed by atoms with Gasteiger partial charge in [0.15, 0.2) is 5.78 Å². The van der Waals surface area contributed by atoms with Crippen molar-refractivity contribution in [1.82, 2.24) is 4.72 Å². The highest BCUT2D eigenvalue weighted by Gasteiger charge is 2.25. The molecule has 0 amide bonds. The van der Waals surface area contributed by atoms with Crippen molar-refractivity contribution in [2.45, 2.75) is 56.1 Å². The van der Waals surface area contributed by atoms with E-state index in [0.29, 0.717) is 37.7 Å². The summed E-state index contributed by atoms with van der Waals surface area (Å²) >= 11 is 0. The van der Waals surface area contributed by atoms with Gasteiger partial charge in [0, 0.05) is 18.0 Å². The van der Waals surface area contributed by atoms with Crippen molar-refractivity contribution in [3.05, 3.63) is 29.8 Å². The molecule has 0 spiro atoms. The molecule has 1 aliphatic rings. The van der Waals surface area contributed by atoms with Crippen LogP contribution in [0.3, 0.4) is 0 Å². The molecule has 0 aliphatic heterocycles. The zero-order chi connectivity index (χ0) is 15.5. The Balaban J connectivity index is 2.14. The number of sulfonamides is 1. The second-order valence-electron chi connectivity index (χ2n) is 5.43. The summed E-state index contributed by atoms with van der Waals surface area (Å²) in [5, 5.41) is 9.45. The molecule has 21 heavy (non-hydrogen) atoms. The molecule has 0 bridgehead atoms. The van der Waals surface area contributed by atoms with Gasteiger partial charge in [0.05, 0.1) is 11.0 Å². The monoisotopic (exact) mass is 311 g/mol. The van der Waals surface area contributed by atoms with Crippen LogP contribution in [-0.4, -0.2) is 31.5 Å². The lowest BCUT2D eigenvalue weighted by molar-refractivity contribution is 0.0988. The number of hydrogen-bond acceptors (Lipinski definition) is 4. The topological polar surface area (TPSA) is 83.5 Å². The number of benzene rings is 1. The highest BCUT2D eigenvalue weighted by atomic mass is 32.2. The molecule has 2 rings (SSSR count). The molecule has 1 saturated carbocycles. The van der Waals surface area contributed by atoms with E-state index in [4.69, 9.17) is 0 Å². The predicted octanol–water partition coefficient (Wildman–Crippen LogP) is 1.86. The Morgan fingerprint density at radius 2 is 1.95 bits per heavy atom. The van der Waals surface area contributed by atoms with Crippen molar-refractivity contribution in [2.75, 3.05) is 0 Å². The van der Waals surface area contributed by atoms with Crippen molar-refractivity contribution in [3.8, 4) is 0 Å². The van der Waals surface area contributed by atoms with Crippen LogP contribution in [0.25, 0.3) is 0 Å². The number of aliphatic hydroxyl groups is 1. The molecule has 1 aliphatic carbocycles. The van der Waals surface area contributed by atoms with E-state index in [9.17, 15) is 18.3 Å². The summed E-state index contributed by atoms with van der Waals surface area (Å²) in [4.78, 5) is 11.8. The Hall–Kier alpha value is -1.24. The lowest BCUT2D eigenvalue weighted by atomic mass is 9.94. The van der Waals surface area contributed by atoms with Gasteiger partial charge in [-0.15, -0.1) is 0 Å². The molecular formula is C15H21NO4S. The number of Topliss-reactive ketones (excluding diaryl/α,β-unsaturated/α-hetero) is 1. The molecule has 116 valence electrons. The fourth-order valence-corrected chi connectivity index (χ4v) is 3.87. The predicted molar refractivity (Wildman–Crippen MR) is 79.6 cm³/mol. The van der Waals surface area contributed by atoms with Crippen LogP contribution >= 0.6 is 0 Å². The quantitative estimate of drug-likeness (QED) is 0.813. The highest BCUT2D eigenvalue weighted by Crippen LogP contribution is 2.21. The summed E-state index contributed by atoms with van der Waals surface area (Å²) in [6.45, 7) is 1.75. The Bertz CT molecular complexity index is 604. The molecule has 0 heterocycles. The van der Waals surface area contributed by atoms with E-state index in [-0.39, 0.29) is 22.8 Å². The summed E-state index contributed by atoms with van der Waals surface area (Å²) < 4.78 is 27.4. The molecule has 5 nitrogen and oxygen atoms in total. The Kier molecular flexibility index (Phi) is 5.13. The largest absolute Gasteiger partial charge is 0.393 e. The van der Waals surface area contributed by atoms with E-state index >= 15 is 0 Å². The first-order chi connectivity index (χ1) is 9.92. The van der Waals surface area contributed by atoms with Crippen LogP contribution in [0, 0.1) is 0 Å². The SMILES string of the molecule is CCC(=O)c1cccc(S(=O)(=O)NC2CCC(O)CC2)c1. The number of nitrogens with one attached hydrogen (secondary N) is 1. The fourth-order valence-electron chi connectivity index (χ4n) is 2.52. The minimum absolute atomic E-state index is 0.0761. The number of carbonyl (C=O) groups is 1. The van der Waals surface area contributed by atoms with Crippen LogP contribution in [-0.2, 0) is 10.0 Å². The zero-order valence-electron chi connectivity index (χ0n) is 12.1. The second kappa shape index (κ2) is 6.68. The zero-order valence-corrected chi connectivity index (χ0v) is 12.9. The number of aliphatic hydroxyl groups excluding tert-OH is 1.